The number of rotatable bonds is 6. The van der Waals surface area contributed by atoms with E-state index >= 15 is 0 Å². The third kappa shape index (κ3) is 4.23. The third-order valence-corrected chi connectivity index (χ3v) is 3.71. The van der Waals surface area contributed by atoms with Gasteiger partial charge in [0.05, 0.1) is 6.04 Å². The summed E-state index contributed by atoms with van der Waals surface area (Å²) in [7, 11) is 0. The molecule has 0 aliphatic rings. The first-order valence-electron chi connectivity index (χ1n) is 7.82. The molecule has 0 saturated carbocycles. The molecule has 0 saturated heterocycles. The molecule has 0 aliphatic carbocycles. The lowest BCUT2D eigenvalue weighted by molar-refractivity contribution is -0.121. The van der Waals surface area contributed by atoms with Crippen molar-refractivity contribution in [3.63, 3.8) is 0 Å². The van der Waals surface area contributed by atoms with Crippen LogP contribution in [0.4, 0.5) is 0 Å². The molecule has 0 fully saturated rings. The largest absolute Gasteiger partial charge is 0.345 e. The number of aryl methyl sites for hydroxylation is 1. The molecule has 1 unspecified atom stereocenters. The molecule has 1 N–H and O–H groups in total. The molecule has 3 rings (SSSR count). The summed E-state index contributed by atoms with van der Waals surface area (Å²) in [5.41, 5.74) is 2.85. The number of pyridine rings is 1. The predicted octanol–water partition coefficient (Wildman–Crippen LogP) is 2.71. The molecule has 1 atom stereocenters. The van der Waals surface area contributed by atoms with Crippen LogP contribution in [0.2, 0.25) is 0 Å². The highest BCUT2D eigenvalue weighted by atomic mass is 16.1. The number of carbonyl (C=O) groups excluding carboxylic acids is 1. The fraction of sp³-hybridized carbons (Fsp3) is 0.158. The smallest absolute Gasteiger partial charge is 0.221 e. The van der Waals surface area contributed by atoms with E-state index in [0.717, 1.165) is 16.8 Å². The second-order valence-corrected chi connectivity index (χ2v) is 5.40. The Labute approximate surface area is 140 Å². The first kappa shape index (κ1) is 15.8. The molecule has 0 aliphatic heterocycles. The average Bonchev–Trinajstić information content (AvgIpc) is 2.67. The lowest BCUT2D eigenvalue weighted by Gasteiger charge is -2.19. The summed E-state index contributed by atoms with van der Waals surface area (Å²) in [5, 5.41) is 3.10. The van der Waals surface area contributed by atoms with Crippen LogP contribution in [0.25, 0.3) is 0 Å². The standard InChI is InChI=1S/C19H18N4O/c24-18(9-8-17-10-12-21-14-22-17)23-19(15-5-2-1-3-6-15)16-7-4-11-20-13-16/h1-7,10-14,19H,8-9H2,(H,23,24). The van der Waals surface area contributed by atoms with Gasteiger partial charge in [-0.05, 0) is 29.7 Å². The Morgan fingerprint density at radius 2 is 1.79 bits per heavy atom. The number of benzene rings is 1. The van der Waals surface area contributed by atoms with E-state index in [9.17, 15) is 4.79 Å². The number of nitrogens with zero attached hydrogens (tertiary/aromatic N) is 3. The zero-order valence-corrected chi connectivity index (χ0v) is 13.2. The molecule has 0 bridgehead atoms. The molecule has 5 heteroatoms. The van der Waals surface area contributed by atoms with Crippen molar-refractivity contribution < 1.29 is 4.79 Å². The minimum atomic E-state index is -0.210. The summed E-state index contributed by atoms with van der Waals surface area (Å²) in [6.07, 6.45) is 7.65. The van der Waals surface area contributed by atoms with E-state index in [0.29, 0.717) is 12.8 Å². The molecule has 1 aromatic carbocycles. The van der Waals surface area contributed by atoms with Crippen LogP contribution in [0.1, 0.15) is 29.3 Å². The highest BCUT2D eigenvalue weighted by Crippen LogP contribution is 2.21. The molecule has 0 spiro atoms. The summed E-state index contributed by atoms with van der Waals surface area (Å²) in [4.78, 5) is 24.6. The van der Waals surface area contributed by atoms with Crippen molar-refractivity contribution in [2.75, 3.05) is 0 Å². The van der Waals surface area contributed by atoms with E-state index in [2.05, 4.69) is 20.3 Å². The van der Waals surface area contributed by atoms with E-state index in [1.54, 1.807) is 18.6 Å². The summed E-state index contributed by atoms with van der Waals surface area (Å²) >= 11 is 0. The molecule has 2 aromatic heterocycles. The molecule has 24 heavy (non-hydrogen) atoms. The summed E-state index contributed by atoms with van der Waals surface area (Å²) in [6, 6.07) is 15.3. The zero-order chi connectivity index (χ0) is 16.6. The molecule has 5 nitrogen and oxygen atoms in total. The van der Waals surface area contributed by atoms with Crippen molar-refractivity contribution in [1.82, 2.24) is 20.3 Å². The van der Waals surface area contributed by atoms with Gasteiger partial charge >= 0.3 is 0 Å². The van der Waals surface area contributed by atoms with Gasteiger partial charge in [0.25, 0.3) is 0 Å². The van der Waals surface area contributed by atoms with Crippen molar-refractivity contribution in [1.29, 1.82) is 0 Å². The first-order valence-corrected chi connectivity index (χ1v) is 7.82. The van der Waals surface area contributed by atoms with Gasteiger partial charge in [-0.25, -0.2) is 9.97 Å². The number of hydrogen-bond acceptors (Lipinski definition) is 4. The van der Waals surface area contributed by atoms with Crippen LogP contribution in [0.15, 0.2) is 73.4 Å². The Hall–Kier alpha value is -3.08. The van der Waals surface area contributed by atoms with Crippen LogP contribution in [0.5, 0.6) is 0 Å². The van der Waals surface area contributed by atoms with Crippen molar-refractivity contribution in [3.8, 4) is 0 Å². The minimum absolute atomic E-state index is 0.0219. The lowest BCUT2D eigenvalue weighted by Crippen LogP contribution is -2.29. The van der Waals surface area contributed by atoms with Crippen LogP contribution >= 0.6 is 0 Å². The molecule has 1 amide bonds. The van der Waals surface area contributed by atoms with Crippen molar-refractivity contribution in [2.45, 2.75) is 18.9 Å². The highest BCUT2D eigenvalue weighted by molar-refractivity contribution is 5.77. The van der Waals surface area contributed by atoms with Gasteiger partial charge in [0, 0.05) is 30.7 Å². The van der Waals surface area contributed by atoms with Crippen LogP contribution in [-0.2, 0) is 11.2 Å². The van der Waals surface area contributed by atoms with Crippen molar-refractivity contribution in [2.24, 2.45) is 0 Å². The van der Waals surface area contributed by atoms with Gasteiger partial charge in [-0.2, -0.15) is 0 Å². The Morgan fingerprint density at radius 3 is 2.50 bits per heavy atom. The van der Waals surface area contributed by atoms with Crippen molar-refractivity contribution >= 4 is 5.91 Å². The first-order chi connectivity index (χ1) is 11.8. The fourth-order valence-corrected chi connectivity index (χ4v) is 2.49. The lowest BCUT2D eigenvalue weighted by atomic mass is 10.00. The van der Waals surface area contributed by atoms with Gasteiger partial charge in [-0.15, -0.1) is 0 Å². The van der Waals surface area contributed by atoms with Crippen LogP contribution in [0, 0.1) is 0 Å². The van der Waals surface area contributed by atoms with Crippen molar-refractivity contribution in [3.05, 3.63) is 90.3 Å². The molecule has 3 aromatic rings. The fourth-order valence-electron chi connectivity index (χ4n) is 2.49. The van der Waals surface area contributed by atoms with E-state index in [-0.39, 0.29) is 11.9 Å². The number of hydrogen-bond donors (Lipinski definition) is 1. The molecular formula is C19H18N4O. The summed E-state index contributed by atoms with van der Waals surface area (Å²) in [6.45, 7) is 0. The summed E-state index contributed by atoms with van der Waals surface area (Å²) < 4.78 is 0. The Morgan fingerprint density at radius 1 is 0.958 bits per heavy atom. The van der Waals surface area contributed by atoms with E-state index in [1.165, 1.54) is 6.33 Å². The van der Waals surface area contributed by atoms with E-state index < -0.39 is 0 Å². The minimum Gasteiger partial charge on any atom is -0.345 e. The number of nitrogens with one attached hydrogen (secondary N) is 1. The molecular weight excluding hydrogens is 300 g/mol. The van der Waals surface area contributed by atoms with Crippen LogP contribution in [0.3, 0.4) is 0 Å². The van der Waals surface area contributed by atoms with Crippen LogP contribution in [-0.4, -0.2) is 20.9 Å². The maximum atomic E-state index is 12.4. The quantitative estimate of drug-likeness (QED) is 0.759. The van der Waals surface area contributed by atoms with Gasteiger partial charge in [-0.1, -0.05) is 36.4 Å². The molecule has 2 heterocycles. The van der Waals surface area contributed by atoms with E-state index in [4.69, 9.17) is 0 Å². The monoisotopic (exact) mass is 318 g/mol. The second kappa shape index (κ2) is 7.97. The van der Waals surface area contributed by atoms with Gasteiger partial charge in [0.2, 0.25) is 5.91 Å². The predicted molar refractivity (Wildman–Crippen MR) is 91.0 cm³/mol. The van der Waals surface area contributed by atoms with E-state index in [1.807, 2.05) is 48.5 Å². The SMILES string of the molecule is O=C(CCc1ccncn1)NC(c1ccccc1)c1cccnc1. The topological polar surface area (TPSA) is 67.8 Å². The average molecular weight is 318 g/mol. The second-order valence-electron chi connectivity index (χ2n) is 5.40. The third-order valence-electron chi connectivity index (χ3n) is 3.71. The summed E-state index contributed by atoms with van der Waals surface area (Å²) in [5.74, 6) is -0.0219. The van der Waals surface area contributed by atoms with Gasteiger partial charge in [0.1, 0.15) is 6.33 Å². The molecule has 0 radical (unpaired) electrons. The number of amides is 1. The van der Waals surface area contributed by atoms with Crippen LogP contribution < -0.4 is 5.32 Å². The molecule has 120 valence electrons. The highest BCUT2D eigenvalue weighted by Gasteiger charge is 2.16. The zero-order valence-electron chi connectivity index (χ0n) is 13.2. The van der Waals surface area contributed by atoms with Gasteiger partial charge < -0.3 is 5.32 Å². The van der Waals surface area contributed by atoms with Gasteiger partial charge in [-0.3, -0.25) is 9.78 Å². The normalized spacial score (nSPS) is 11.7. The Balaban J connectivity index is 1.71. The number of aromatic nitrogens is 3. The van der Waals surface area contributed by atoms with Gasteiger partial charge in [0.15, 0.2) is 0 Å². The Kier molecular flexibility index (Phi) is 5.24. The maximum absolute atomic E-state index is 12.4. The maximum Gasteiger partial charge on any atom is 0.221 e. The Bertz CT molecular complexity index is 724. The number of carbonyl (C=O) groups is 1.